The SMILES string of the molecule is CCC1CCCNC1CNC(=O)c1ccc2c(c1)OCO2. The van der Waals surface area contributed by atoms with Crippen molar-refractivity contribution in [2.75, 3.05) is 19.9 Å². The number of carbonyl (C=O) groups excluding carboxylic acids is 1. The Morgan fingerprint density at radius 1 is 1.38 bits per heavy atom. The lowest BCUT2D eigenvalue weighted by molar-refractivity contribution is 0.0941. The summed E-state index contributed by atoms with van der Waals surface area (Å²) in [7, 11) is 0. The molecule has 0 saturated carbocycles. The van der Waals surface area contributed by atoms with Crippen LogP contribution in [-0.4, -0.2) is 31.8 Å². The topological polar surface area (TPSA) is 59.6 Å². The summed E-state index contributed by atoms with van der Waals surface area (Å²) in [6, 6.07) is 5.67. The monoisotopic (exact) mass is 290 g/mol. The van der Waals surface area contributed by atoms with Gasteiger partial charge in [0.25, 0.3) is 5.91 Å². The Bertz CT molecular complexity index is 518. The molecule has 2 aliphatic heterocycles. The maximum absolute atomic E-state index is 12.2. The van der Waals surface area contributed by atoms with E-state index in [4.69, 9.17) is 9.47 Å². The number of carbonyl (C=O) groups is 1. The molecular formula is C16H22N2O3. The van der Waals surface area contributed by atoms with Gasteiger partial charge in [-0.1, -0.05) is 13.3 Å². The Kier molecular flexibility index (Phi) is 4.29. The normalized spacial score (nSPS) is 23.9. The van der Waals surface area contributed by atoms with E-state index in [-0.39, 0.29) is 12.7 Å². The smallest absolute Gasteiger partial charge is 0.251 e. The second-order valence-corrected chi connectivity index (χ2v) is 5.65. The van der Waals surface area contributed by atoms with E-state index in [0.717, 1.165) is 13.0 Å². The van der Waals surface area contributed by atoms with Gasteiger partial charge >= 0.3 is 0 Å². The van der Waals surface area contributed by atoms with Crippen LogP contribution in [0.5, 0.6) is 11.5 Å². The summed E-state index contributed by atoms with van der Waals surface area (Å²) in [6.45, 7) is 4.15. The average molecular weight is 290 g/mol. The summed E-state index contributed by atoms with van der Waals surface area (Å²) in [6.07, 6.45) is 3.62. The number of amides is 1. The molecule has 0 spiro atoms. The van der Waals surface area contributed by atoms with Gasteiger partial charge in [0.15, 0.2) is 11.5 Å². The van der Waals surface area contributed by atoms with E-state index in [9.17, 15) is 4.79 Å². The van der Waals surface area contributed by atoms with Crippen molar-refractivity contribution >= 4 is 5.91 Å². The van der Waals surface area contributed by atoms with Gasteiger partial charge in [-0.2, -0.15) is 0 Å². The molecule has 0 aromatic heterocycles. The minimum Gasteiger partial charge on any atom is -0.454 e. The van der Waals surface area contributed by atoms with Crippen LogP contribution in [0, 0.1) is 5.92 Å². The van der Waals surface area contributed by atoms with E-state index in [0.29, 0.717) is 35.6 Å². The van der Waals surface area contributed by atoms with Gasteiger partial charge in [0.1, 0.15) is 0 Å². The van der Waals surface area contributed by atoms with Crippen LogP contribution in [-0.2, 0) is 0 Å². The first-order valence-corrected chi connectivity index (χ1v) is 7.69. The van der Waals surface area contributed by atoms with Crippen LogP contribution < -0.4 is 20.1 Å². The van der Waals surface area contributed by atoms with Gasteiger partial charge in [0.2, 0.25) is 6.79 Å². The van der Waals surface area contributed by atoms with Crippen molar-refractivity contribution in [3.8, 4) is 11.5 Å². The number of nitrogens with one attached hydrogen (secondary N) is 2. The summed E-state index contributed by atoms with van der Waals surface area (Å²) >= 11 is 0. The van der Waals surface area contributed by atoms with E-state index < -0.39 is 0 Å². The molecule has 1 aromatic rings. The van der Waals surface area contributed by atoms with Crippen molar-refractivity contribution < 1.29 is 14.3 Å². The van der Waals surface area contributed by atoms with E-state index in [2.05, 4.69) is 17.6 Å². The number of hydrogen-bond acceptors (Lipinski definition) is 4. The zero-order chi connectivity index (χ0) is 14.7. The third-order valence-electron chi connectivity index (χ3n) is 4.37. The van der Waals surface area contributed by atoms with Gasteiger partial charge in [0, 0.05) is 18.2 Å². The Morgan fingerprint density at radius 3 is 3.10 bits per heavy atom. The van der Waals surface area contributed by atoms with Gasteiger partial charge in [-0.05, 0) is 43.5 Å². The minimum absolute atomic E-state index is 0.0597. The van der Waals surface area contributed by atoms with Gasteiger partial charge in [0.05, 0.1) is 0 Å². The highest BCUT2D eigenvalue weighted by Gasteiger charge is 2.24. The van der Waals surface area contributed by atoms with Crippen molar-refractivity contribution in [1.29, 1.82) is 0 Å². The lowest BCUT2D eigenvalue weighted by Gasteiger charge is -2.32. The van der Waals surface area contributed by atoms with E-state index >= 15 is 0 Å². The molecule has 2 unspecified atom stereocenters. The Balaban J connectivity index is 1.58. The zero-order valence-electron chi connectivity index (χ0n) is 12.4. The number of hydrogen-bond donors (Lipinski definition) is 2. The lowest BCUT2D eigenvalue weighted by atomic mass is 9.88. The van der Waals surface area contributed by atoms with Crippen LogP contribution in [0.4, 0.5) is 0 Å². The summed E-state index contributed by atoms with van der Waals surface area (Å²) in [4.78, 5) is 12.2. The predicted molar refractivity (Wildman–Crippen MR) is 79.7 cm³/mol. The van der Waals surface area contributed by atoms with E-state index in [1.165, 1.54) is 12.8 Å². The van der Waals surface area contributed by atoms with Crippen LogP contribution in [0.3, 0.4) is 0 Å². The molecule has 5 heteroatoms. The fourth-order valence-electron chi connectivity index (χ4n) is 3.09. The first kappa shape index (κ1) is 14.2. The van der Waals surface area contributed by atoms with Crippen molar-refractivity contribution in [3.63, 3.8) is 0 Å². The minimum atomic E-state index is -0.0597. The molecule has 1 aromatic carbocycles. The lowest BCUT2D eigenvalue weighted by Crippen LogP contribution is -2.48. The summed E-state index contributed by atoms with van der Waals surface area (Å²) < 4.78 is 10.6. The number of ether oxygens (including phenoxy) is 2. The molecule has 1 amide bonds. The molecule has 3 rings (SSSR count). The van der Waals surface area contributed by atoms with E-state index in [1.807, 2.05) is 0 Å². The standard InChI is InChI=1S/C16H22N2O3/c1-2-11-4-3-7-17-13(11)9-18-16(19)12-5-6-14-15(8-12)21-10-20-14/h5-6,8,11,13,17H,2-4,7,9-10H2,1H3,(H,18,19). The largest absolute Gasteiger partial charge is 0.454 e. The average Bonchev–Trinajstić information content (AvgIpc) is 3.00. The maximum Gasteiger partial charge on any atom is 0.251 e. The van der Waals surface area contributed by atoms with Crippen LogP contribution in [0.2, 0.25) is 0 Å². The zero-order valence-corrected chi connectivity index (χ0v) is 12.4. The van der Waals surface area contributed by atoms with Gasteiger partial charge in [-0.15, -0.1) is 0 Å². The second-order valence-electron chi connectivity index (χ2n) is 5.65. The molecule has 2 atom stereocenters. The van der Waals surface area contributed by atoms with Crippen molar-refractivity contribution in [1.82, 2.24) is 10.6 Å². The van der Waals surface area contributed by atoms with Crippen molar-refractivity contribution in [3.05, 3.63) is 23.8 Å². The molecule has 2 aliphatic rings. The highest BCUT2D eigenvalue weighted by atomic mass is 16.7. The van der Waals surface area contributed by atoms with Crippen LogP contribution >= 0.6 is 0 Å². The molecule has 114 valence electrons. The van der Waals surface area contributed by atoms with Crippen LogP contribution in [0.1, 0.15) is 36.5 Å². The molecule has 1 saturated heterocycles. The molecule has 21 heavy (non-hydrogen) atoms. The molecule has 5 nitrogen and oxygen atoms in total. The van der Waals surface area contributed by atoms with Crippen LogP contribution in [0.15, 0.2) is 18.2 Å². The summed E-state index contributed by atoms with van der Waals surface area (Å²) in [5.41, 5.74) is 0.614. The molecular weight excluding hydrogens is 268 g/mol. The molecule has 1 fully saturated rings. The Hall–Kier alpha value is -1.75. The molecule has 2 heterocycles. The van der Waals surface area contributed by atoms with Crippen molar-refractivity contribution in [2.24, 2.45) is 5.92 Å². The highest BCUT2D eigenvalue weighted by molar-refractivity contribution is 5.94. The second kappa shape index (κ2) is 6.35. The van der Waals surface area contributed by atoms with Crippen molar-refractivity contribution in [2.45, 2.75) is 32.2 Å². The summed E-state index contributed by atoms with van der Waals surface area (Å²) in [5.74, 6) is 1.93. The van der Waals surface area contributed by atoms with Gasteiger partial charge in [-0.25, -0.2) is 0 Å². The predicted octanol–water partition coefficient (Wildman–Crippen LogP) is 1.92. The maximum atomic E-state index is 12.2. The molecule has 0 radical (unpaired) electrons. The highest BCUT2D eigenvalue weighted by Crippen LogP contribution is 2.32. The molecule has 0 aliphatic carbocycles. The fraction of sp³-hybridized carbons (Fsp3) is 0.562. The van der Waals surface area contributed by atoms with Gasteiger partial charge < -0.3 is 20.1 Å². The first-order chi connectivity index (χ1) is 10.3. The van der Waals surface area contributed by atoms with Gasteiger partial charge in [-0.3, -0.25) is 4.79 Å². The fourth-order valence-corrected chi connectivity index (χ4v) is 3.09. The molecule has 2 N–H and O–H groups in total. The Labute approximate surface area is 125 Å². The number of fused-ring (bicyclic) bond motifs is 1. The molecule has 0 bridgehead atoms. The third kappa shape index (κ3) is 3.13. The third-order valence-corrected chi connectivity index (χ3v) is 4.37. The Morgan fingerprint density at radius 2 is 2.24 bits per heavy atom. The first-order valence-electron chi connectivity index (χ1n) is 7.69. The number of benzene rings is 1. The number of rotatable bonds is 4. The quantitative estimate of drug-likeness (QED) is 0.889. The number of piperidine rings is 1. The van der Waals surface area contributed by atoms with E-state index in [1.54, 1.807) is 18.2 Å². The van der Waals surface area contributed by atoms with Crippen LogP contribution in [0.25, 0.3) is 0 Å². The summed E-state index contributed by atoms with van der Waals surface area (Å²) in [5, 5.41) is 6.54.